The van der Waals surface area contributed by atoms with E-state index in [2.05, 4.69) is 19.1 Å². The quantitative estimate of drug-likeness (QED) is 0.661. The van der Waals surface area contributed by atoms with Gasteiger partial charge in [0, 0.05) is 6.42 Å². The predicted octanol–water partition coefficient (Wildman–Crippen LogP) is 1.47. The van der Waals surface area contributed by atoms with Crippen LogP contribution in [0.25, 0.3) is 0 Å². The molecule has 1 heterocycles. The van der Waals surface area contributed by atoms with Gasteiger partial charge >= 0.3 is 0 Å². The Morgan fingerprint density at radius 2 is 2.31 bits per heavy atom. The minimum atomic E-state index is -0.148. The van der Waals surface area contributed by atoms with Crippen molar-refractivity contribution in [2.75, 3.05) is 13.2 Å². The van der Waals surface area contributed by atoms with Crippen LogP contribution in [-0.4, -0.2) is 30.7 Å². The molecule has 76 valence electrons. The lowest BCUT2D eigenvalue weighted by Gasteiger charge is -2.06. The zero-order chi connectivity index (χ0) is 9.52. The molecule has 0 aliphatic carbocycles. The second-order valence-electron chi connectivity index (χ2n) is 3.20. The van der Waals surface area contributed by atoms with E-state index in [0.717, 1.165) is 12.8 Å². The van der Waals surface area contributed by atoms with Crippen LogP contribution in [0.5, 0.6) is 0 Å². The van der Waals surface area contributed by atoms with Gasteiger partial charge in [-0.3, -0.25) is 0 Å². The number of hydrogen-bond acceptors (Lipinski definition) is 3. The zero-order valence-corrected chi connectivity index (χ0v) is 8.11. The SMILES string of the molecule is CCC/C=C/CC1OCC(CO)O1. The van der Waals surface area contributed by atoms with Gasteiger partial charge in [0.05, 0.1) is 13.2 Å². The minimum absolute atomic E-state index is 0.0508. The van der Waals surface area contributed by atoms with E-state index >= 15 is 0 Å². The number of allylic oxidation sites excluding steroid dienone is 1. The first-order valence-electron chi connectivity index (χ1n) is 4.89. The normalized spacial score (nSPS) is 28.8. The van der Waals surface area contributed by atoms with Crippen LogP contribution in [0.1, 0.15) is 26.2 Å². The molecule has 1 N–H and O–H groups in total. The summed E-state index contributed by atoms with van der Waals surface area (Å²) in [4.78, 5) is 0. The predicted molar refractivity (Wildman–Crippen MR) is 50.4 cm³/mol. The Hall–Kier alpha value is -0.380. The maximum absolute atomic E-state index is 8.77. The van der Waals surface area contributed by atoms with E-state index in [1.807, 2.05) is 0 Å². The molecule has 0 spiro atoms. The van der Waals surface area contributed by atoms with Crippen molar-refractivity contribution in [3.63, 3.8) is 0 Å². The number of ether oxygens (including phenoxy) is 2. The van der Waals surface area contributed by atoms with Crippen LogP contribution >= 0.6 is 0 Å². The lowest BCUT2D eigenvalue weighted by atomic mass is 10.3. The zero-order valence-electron chi connectivity index (χ0n) is 8.11. The summed E-state index contributed by atoms with van der Waals surface area (Å²) in [6.07, 6.45) is 7.01. The number of unbranched alkanes of at least 4 members (excludes halogenated alkanes) is 1. The van der Waals surface area contributed by atoms with Gasteiger partial charge in [-0.25, -0.2) is 0 Å². The summed E-state index contributed by atoms with van der Waals surface area (Å²) < 4.78 is 10.7. The third-order valence-corrected chi connectivity index (χ3v) is 1.97. The molecule has 1 aliphatic rings. The molecule has 0 bridgehead atoms. The van der Waals surface area contributed by atoms with E-state index in [4.69, 9.17) is 14.6 Å². The highest BCUT2D eigenvalue weighted by Crippen LogP contribution is 2.14. The summed E-state index contributed by atoms with van der Waals surface area (Å²) >= 11 is 0. The average molecular weight is 186 g/mol. The number of rotatable bonds is 5. The fourth-order valence-electron chi connectivity index (χ4n) is 1.22. The molecule has 13 heavy (non-hydrogen) atoms. The Labute approximate surface area is 79.3 Å². The van der Waals surface area contributed by atoms with Crippen LogP contribution in [0.2, 0.25) is 0 Å². The van der Waals surface area contributed by atoms with Crippen molar-refractivity contribution in [3.8, 4) is 0 Å². The molecule has 0 aromatic heterocycles. The molecule has 0 aromatic rings. The Balaban J connectivity index is 2.10. The summed E-state index contributed by atoms with van der Waals surface area (Å²) in [5, 5.41) is 8.77. The molecule has 3 heteroatoms. The first-order chi connectivity index (χ1) is 6.36. The molecule has 2 unspecified atom stereocenters. The first kappa shape index (κ1) is 10.7. The van der Waals surface area contributed by atoms with Gasteiger partial charge in [0.2, 0.25) is 0 Å². The molecule has 2 atom stereocenters. The van der Waals surface area contributed by atoms with Crippen molar-refractivity contribution >= 4 is 0 Å². The van der Waals surface area contributed by atoms with Crippen molar-refractivity contribution in [2.24, 2.45) is 0 Å². The molecule has 1 fully saturated rings. The maximum atomic E-state index is 8.77. The summed E-state index contributed by atoms with van der Waals surface area (Å²) in [6, 6.07) is 0. The fraction of sp³-hybridized carbons (Fsp3) is 0.800. The van der Waals surface area contributed by atoms with Crippen molar-refractivity contribution in [3.05, 3.63) is 12.2 Å². The topological polar surface area (TPSA) is 38.7 Å². The monoisotopic (exact) mass is 186 g/mol. The fourth-order valence-corrected chi connectivity index (χ4v) is 1.22. The number of aliphatic hydroxyl groups excluding tert-OH is 1. The Kier molecular flexibility index (Phi) is 5.05. The maximum Gasteiger partial charge on any atom is 0.161 e. The highest BCUT2D eigenvalue weighted by atomic mass is 16.7. The molecule has 1 saturated heterocycles. The molecule has 0 amide bonds. The molecule has 0 saturated carbocycles. The number of aliphatic hydroxyl groups is 1. The van der Waals surface area contributed by atoms with Crippen molar-refractivity contribution < 1.29 is 14.6 Å². The van der Waals surface area contributed by atoms with Crippen LogP contribution in [0.3, 0.4) is 0 Å². The van der Waals surface area contributed by atoms with Crippen LogP contribution < -0.4 is 0 Å². The largest absolute Gasteiger partial charge is 0.394 e. The van der Waals surface area contributed by atoms with Gasteiger partial charge in [0.15, 0.2) is 6.29 Å². The first-order valence-corrected chi connectivity index (χ1v) is 4.89. The molecular formula is C10H18O3. The van der Waals surface area contributed by atoms with E-state index in [0.29, 0.717) is 6.61 Å². The molecule has 3 nitrogen and oxygen atoms in total. The molecule has 0 aromatic carbocycles. The lowest BCUT2D eigenvalue weighted by molar-refractivity contribution is -0.0616. The summed E-state index contributed by atoms with van der Waals surface area (Å²) in [7, 11) is 0. The minimum Gasteiger partial charge on any atom is -0.394 e. The van der Waals surface area contributed by atoms with Crippen molar-refractivity contribution in [1.29, 1.82) is 0 Å². The summed E-state index contributed by atoms with van der Waals surface area (Å²) in [5.74, 6) is 0. The second kappa shape index (κ2) is 6.13. The van der Waals surface area contributed by atoms with E-state index in [1.165, 1.54) is 6.42 Å². The van der Waals surface area contributed by atoms with Gasteiger partial charge in [0.25, 0.3) is 0 Å². The van der Waals surface area contributed by atoms with Crippen LogP contribution in [0.4, 0.5) is 0 Å². The number of hydrogen-bond donors (Lipinski definition) is 1. The Morgan fingerprint density at radius 1 is 1.46 bits per heavy atom. The van der Waals surface area contributed by atoms with Gasteiger partial charge in [0.1, 0.15) is 6.10 Å². The third kappa shape index (κ3) is 3.89. The van der Waals surface area contributed by atoms with Gasteiger partial charge in [-0.15, -0.1) is 0 Å². The van der Waals surface area contributed by atoms with Crippen LogP contribution in [0.15, 0.2) is 12.2 Å². The summed E-state index contributed by atoms with van der Waals surface area (Å²) in [5.41, 5.74) is 0. The summed E-state index contributed by atoms with van der Waals surface area (Å²) in [6.45, 7) is 2.71. The average Bonchev–Trinajstić information content (AvgIpc) is 2.60. The smallest absolute Gasteiger partial charge is 0.161 e. The lowest BCUT2D eigenvalue weighted by Crippen LogP contribution is -2.15. The highest BCUT2D eigenvalue weighted by molar-refractivity contribution is 4.83. The van der Waals surface area contributed by atoms with E-state index in [-0.39, 0.29) is 19.0 Å². The van der Waals surface area contributed by atoms with Gasteiger partial charge < -0.3 is 14.6 Å². The molecular weight excluding hydrogens is 168 g/mol. The third-order valence-electron chi connectivity index (χ3n) is 1.97. The van der Waals surface area contributed by atoms with E-state index < -0.39 is 0 Å². The van der Waals surface area contributed by atoms with E-state index in [9.17, 15) is 0 Å². The van der Waals surface area contributed by atoms with Crippen LogP contribution in [0, 0.1) is 0 Å². The van der Waals surface area contributed by atoms with E-state index in [1.54, 1.807) is 0 Å². The van der Waals surface area contributed by atoms with Gasteiger partial charge in [-0.05, 0) is 6.42 Å². The van der Waals surface area contributed by atoms with Crippen LogP contribution in [-0.2, 0) is 9.47 Å². The van der Waals surface area contributed by atoms with Crippen molar-refractivity contribution in [2.45, 2.75) is 38.6 Å². The Bertz CT molecular complexity index is 156. The van der Waals surface area contributed by atoms with Gasteiger partial charge in [-0.2, -0.15) is 0 Å². The van der Waals surface area contributed by atoms with Crippen molar-refractivity contribution in [1.82, 2.24) is 0 Å². The highest BCUT2D eigenvalue weighted by Gasteiger charge is 2.23. The second-order valence-corrected chi connectivity index (χ2v) is 3.20. The van der Waals surface area contributed by atoms with Gasteiger partial charge in [-0.1, -0.05) is 25.5 Å². The molecule has 0 radical (unpaired) electrons. The molecule has 1 aliphatic heterocycles. The standard InChI is InChI=1S/C10H18O3/c1-2-3-4-5-6-10-12-8-9(7-11)13-10/h4-5,9-11H,2-3,6-8H2,1H3/b5-4+. The Morgan fingerprint density at radius 3 is 2.92 bits per heavy atom. The molecule has 1 rings (SSSR count).